The summed E-state index contributed by atoms with van der Waals surface area (Å²) in [5.74, 6) is -0.519. The second kappa shape index (κ2) is 3.57. The van der Waals surface area contributed by atoms with Crippen LogP contribution in [0.1, 0.15) is 6.92 Å². The summed E-state index contributed by atoms with van der Waals surface area (Å²) in [6.07, 6.45) is 0. The smallest absolute Gasteiger partial charge is 0.109 e. The van der Waals surface area contributed by atoms with E-state index in [4.69, 9.17) is 5.21 Å². The van der Waals surface area contributed by atoms with Crippen molar-refractivity contribution in [2.45, 2.75) is 6.92 Å². The van der Waals surface area contributed by atoms with Crippen molar-refractivity contribution in [1.82, 2.24) is 5.06 Å². The van der Waals surface area contributed by atoms with Crippen molar-refractivity contribution < 1.29 is 9.60 Å². The summed E-state index contributed by atoms with van der Waals surface area (Å²) in [5.41, 5.74) is 0. The molecule has 8 heavy (non-hydrogen) atoms. The van der Waals surface area contributed by atoms with Gasteiger partial charge in [-0.25, -0.2) is 4.39 Å². The molecule has 48 valence electrons. The average molecular weight is 119 g/mol. The van der Waals surface area contributed by atoms with Crippen molar-refractivity contribution in [2.75, 3.05) is 13.1 Å². The van der Waals surface area contributed by atoms with E-state index in [0.29, 0.717) is 6.54 Å². The lowest BCUT2D eigenvalue weighted by Crippen LogP contribution is -2.19. The highest BCUT2D eigenvalue weighted by molar-refractivity contribution is 4.81. The maximum atomic E-state index is 11.7. The van der Waals surface area contributed by atoms with Gasteiger partial charge in [0.25, 0.3) is 0 Å². The molecule has 0 saturated heterocycles. The molecule has 0 aliphatic heterocycles. The minimum atomic E-state index is -0.519. The lowest BCUT2D eigenvalue weighted by Gasteiger charge is -2.07. The zero-order valence-corrected chi connectivity index (χ0v) is 4.89. The third kappa shape index (κ3) is 3.77. The SMILES string of the molecule is C=C(F)CN(O)CC. The van der Waals surface area contributed by atoms with Gasteiger partial charge in [0.2, 0.25) is 0 Å². The predicted octanol–water partition coefficient (Wildman–Crippen LogP) is 1.18. The summed E-state index contributed by atoms with van der Waals surface area (Å²) >= 11 is 0. The molecule has 0 rings (SSSR count). The second-order valence-electron chi connectivity index (χ2n) is 1.50. The van der Waals surface area contributed by atoms with Gasteiger partial charge in [0.1, 0.15) is 5.83 Å². The topological polar surface area (TPSA) is 23.5 Å². The van der Waals surface area contributed by atoms with Crippen LogP contribution in [0.5, 0.6) is 0 Å². The number of hydrogen-bond donors (Lipinski definition) is 1. The van der Waals surface area contributed by atoms with E-state index in [1.54, 1.807) is 6.92 Å². The highest BCUT2D eigenvalue weighted by Gasteiger charge is 1.96. The molecule has 0 amide bonds. The van der Waals surface area contributed by atoms with Crippen molar-refractivity contribution in [1.29, 1.82) is 0 Å². The van der Waals surface area contributed by atoms with Crippen LogP contribution in [0.25, 0.3) is 0 Å². The van der Waals surface area contributed by atoms with Crippen molar-refractivity contribution in [2.24, 2.45) is 0 Å². The molecule has 0 aromatic heterocycles. The number of halogens is 1. The van der Waals surface area contributed by atoms with Gasteiger partial charge in [-0.15, -0.1) is 0 Å². The molecule has 0 radical (unpaired) electrons. The molecule has 0 aliphatic rings. The first-order chi connectivity index (χ1) is 3.66. The van der Waals surface area contributed by atoms with Crippen molar-refractivity contribution in [3.63, 3.8) is 0 Å². The Morgan fingerprint density at radius 3 is 2.50 bits per heavy atom. The van der Waals surface area contributed by atoms with E-state index in [-0.39, 0.29) is 6.54 Å². The largest absolute Gasteiger partial charge is 0.314 e. The number of likely N-dealkylation sites (N-methyl/N-ethyl adjacent to an activating group) is 1. The van der Waals surface area contributed by atoms with E-state index in [0.717, 1.165) is 5.06 Å². The van der Waals surface area contributed by atoms with Crippen molar-refractivity contribution in [3.8, 4) is 0 Å². The van der Waals surface area contributed by atoms with Crippen LogP contribution in [-0.2, 0) is 0 Å². The fourth-order valence-corrected chi connectivity index (χ4v) is 0.310. The molecule has 0 spiro atoms. The molecule has 0 heterocycles. The normalized spacial score (nSPS) is 10.0. The highest BCUT2D eigenvalue weighted by Crippen LogP contribution is 1.92. The lowest BCUT2D eigenvalue weighted by atomic mass is 10.5. The Labute approximate surface area is 48.2 Å². The van der Waals surface area contributed by atoms with Gasteiger partial charge in [-0.3, -0.25) is 0 Å². The molecule has 0 saturated carbocycles. The Morgan fingerprint density at radius 1 is 1.88 bits per heavy atom. The molecular weight excluding hydrogens is 109 g/mol. The zero-order chi connectivity index (χ0) is 6.57. The van der Waals surface area contributed by atoms with Crippen LogP contribution < -0.4 is 0 Å². The summed E-state index contributed by atoms with van der Waals surface area (Å²) in [6, 6.07) is 0. The molecular formula is C5H10FNO. The molecule has 0 bridgehead atoms. The Hall–Kier alpha value is -0.410. The van der Waals surface area contributed by atoms with Gasteiger partial charge >= 0.3 is 0 Å². The van der Waals surface area contributed by atoms with E-state index in [9.17, 15) is 4.39 Å². The highest BCUT2D eigenvalue weighted by atomic mass is 19.1. The third-order valence-corrected chi connectivity index (χ3v) is 0.719. The first-order valence-electron chi connectivity index (χ1n) is 2.44. The average Bonchev–Trinajstić information content (AvgIpc) is 1.65. The Kier molecular flexibility index (Phi) is 3.39. The molecule has 2 nitrogen and oxygen atoms in total. The fraction of sp³-hybridized carbons (Fsp3) is 0.600. The van der Waals surface area contributed by atoms with Gasteiger partial charge in [-0.1, -0.05) is 13.5 Å². The van der Waals surface area contributed by atoms with E-state index >= 15 is 0 Å². The second-order valence-corrected chi connectivity index (χ2v) is 1.50. The monoisotopic (exact) mass is 119 g/mol. The predicted molar refractivity (Wildman–Crippen MR) is 29.3 cm³/mol. The van der Waals surface area contributed by atoms with E-state index in [1.807, 2.05) is 0 Å². The summed E-state index contributed by atoms with van der Waals surface area (Å²) in [7, 11) is 0. The van der Waals surface area contributed by atoms with Crippen molar-refractivity contribution in [3.05, 3.63) is 12.4 Å². The Balaban J connectivity index is 3.24. The standard InChI is InChI=1S/C5H10FNO/c1-3-7(8)4-5(2)6/h8H,2-4H2,1H3. The minimum Gasteiger partial charge on any atom is -0.314 e. The van der Waals surface area contributed by atoms with Crippen LogP contribution in [-0.4, -0.2) is 23.4 Å². The van der Waals surface area contributed by atoms with Crippen LogP contribution in [0, 0.1) is 0 Å². The van der Waals surface area contributed by atoms with Gasteiger partial charge in [0.05, 0.1) is 6.54 Å². The van der Waals surface area contributed by atoms with Crippen LogP contribution in [0.2, 0.25) is 0 Å². The Bertz CT molecular complexity index is 84.5. The van der Waals surface area contributed by atoms with E-state index < -0.39 is 5.83 Å². The number of rotatable bonds is 3. The number of hydroxylamine groups is 2. The molecule has 0 aliphatic carbocycles. The molecule has 0 atom stereocenters. The van der Waals surface area contributed by atoms with Crippen LogP contribution in [0.4, 0.5) is 4.39 Å². The van der Waals surface area contributed by atoms with Crippen LogP contribution in [0.15, 0.2) is 12.4 Å². The van der Waals surface area contributed by atoms with Crippen LogP contribution >= 0.6 is 0 Å². The third-order valence-electron chi connectivity index (χ3n) is 0.719. The summed E-state index contributed by atoms with van der Waals surface area (Å²) < 4.78 is 11.7. The molecule has 0 unspecified atom stereocenters. The van der Waals surface area contributed by atoms with Gasteiger partial charge in [0.15, 0.2) is 0 Å². The molecule has 0 fully saturated rings. The van der Waals surface area contributed by atoms with Crippen LogP contribution in [0.3, 0.4) is 0 Å². The summed E-state index contributed by atoms with van der Waals surface area (Å²) in [6.45, 7) is 5.03. The van der Waals surface area contributed by atoms with Crippen molar-refractivity contribution >= 4 is 0 Å². The Morgan fingerprint density at radius 2 is 2.38 bits per heavy atom. The molecule has 1 N–H and O–H groups in total. The summed E-state index contributed by atoms with van der Waals surface area (Å²) in [5, 5.41) is 9.41. The number of hydrogen-bond acceptors (Lipinski definition) is 2. The maximum Gasteiger partial charge on any atom is 0.109 e. The number of nitrogens with zero attached hydrogens (tertiary/aromatic N) is 1. The lowest BCUT2D eigenvalue weighted by molar-refractivity contribution is -0.0809. The van der Waals surface area contributed by atoms with Gasteiger partial charge in [-0.2, -0.15) is 5.06 Å². The van der Waals surface area contributed by atoms with E-state index in [1.165, 1.54) is 0 Å². The quantitative estimate of drug-likeness (QED) is 0.564. The molecule has 0 aromatic carbocycles. The maximum absolute atomic E-state index is 11.7. The molecule has 3 heteroatoms. The van der Waals surface area contributed by atoms with Gasteiger partial charge in [-0.05, 0) is 0 Å². The molecule has 0 aromatic rings. The first kappa shape index (κ1) is 7.59. The fourth-order valence-electron chi connectivity index (χ4n) is 0.310. The zero-order valence-electron chi connectivity index (χ0n) is 4.89. The van der Waals surface area contributed by atoms with Gasteiger partial charge in [0, 0.05) is 6.54 Å². The van der Waals surface area contributed by atoms with Gasteiger partial charge < -0.3 is 5.21 Å². The minimum absolute atomic E-state index is 0.0868. The summed E-state index contributed by atoms with van der Waals surface area (Å²) in [4.78, 5) is 0. The van der Waals surface area contributed by atoms with E-state index in [2.05, 4.69) is 6.58 Å². The first-order valence-corrected chi connectivity index (χ1v) is 2.44.